The van der Waals surface area contributed by atoms with E-state index in [4.69, 9.17) is 4.74 Å². The number of rotatable bonds is 5. The number of thiophene rings is 1. The highest BCUT2D eigenvalue weighted by Gasteiger charge is 2.05. The van der Waals surface area contributed by atoms with Gasteiger partial charge in [-0.2, -0.15) is 0 Å². The summed E-state index contributed by atoms with van der Waals surface area (Å²) in [6, 6.07) is 11.2. The molecule has 0 saturated heterocycles. The topological polar surface area (TPSA) is 38.3 Å². The van der Waals surface area contributed by atoms with Crippen LogP contribution in [0.25, 0.3) is 0 Å². The molecule has 3 nitrogen and oxygen atoms in total. The summed E-state index contributed by atoms with van der Waals surface area (Å²) in [5.74, 6) is 0.693. The number of nitrogens with one attached hydrogen (secondary N) is 1. The van der Waals surface area contributed by atoms with Gasteiger partial charge in [0, 0.05) is 17.0 Å². The predicted molar refractivity (Wildman–Crippen MR) is 81.1 cm³/mol. The predicted octanol–water partition coefficient (Wildman–Crippen LogP) is 3.49. The average molecular weight is 340 g/mol. The Bertz CT molecular complexity index is 551. The summed E-state index contributed by atoms with van der Waals surface area (Å²) in [7, 11) is 1.61. The smallest absolute Gasteiger partial charge is 0.251 e. The molecule has 0 aliphatic heterocycles. The van der Waals surface area contributed by atoms with Crippen molar-refractivity contribution in [1.29, 1.82) is 0 Å². The minimum Gasteiger partial charge on any atom is -0.497 e. The molecule has 0 atom stereocenters. The van der Waals surface area contributed by atoms with E-state index in [-0.39, 0.29) is 5.91 Å². The lowest BCUT2D eigenvalue weighted by molar-refractivity contribution is 0.0954. The van der Waals surface area contributed by atoms with Gasteiger partial charge in [0.25, 0.3) is 5.91 Å². The Morgan fingerprint density at radius 1 is 1.26 bits per heavy atom. The van der Waals surface area contributed by atoms with Gasteiger partial charge in [-0.25, -0.2) is 0 Å². The summed E-state index contributed by atoms with van der Waals surface area (Å²) in [5.41, 5.74) is 0.646. The normalized spacial score (nSPS) is 10.2. The second-order valence-corrected chi connectivity index (χ2v) is 6.49. The number of hydrogen-bond donors (Lipinski definition) is 1. The molecule has 1 heterocycles. The maximum absolute atomic E-state index is 11.9. The van der Waals surface area contributed by atoms with E-state index in [1.54, 1.807) is 42.7 Å². The molecule has 0 aliphatic carbocycles. The Balaban J connectivity index is 1.83. The van der Waals surface area contributed by atoms with Gasteiger partial charge in [-0.1, -0.05) is 0 Å². The molecule has 0 unspecified atom stereocenters. The minimum absolute atomic E-state index is 0.0572. The monoisotopic (exact) mass is 339 g/mol. The molecule has 100 valence electrons. The molecule has 0 bridgehead atoms. The number of amides is 1. The summed E-state index contributed by atoms with van der Waals surface area (Å²) in [5, 5.41) is 2.91. The third kappa shape index (κ3) is 4.08. The molecule has 5 heteroatoms. The van der Waals surface area contributed by atoms with Gasteiger partial charge in [-0.05, 0) is 58.7 Å². The first kappa shape index (κ1) is 14.1. The van der Waals surface area contributed by atoms with Crippen LogP contribution in [0.4, 0.5) is 0 Å². The molecule has 0 aliphatic rings. The fourth-order valence-corrected chi connectivity index (χ4v) is 3.11. The SMILES string of the molecule is COc1ccc(C(=O)NCCc2ccc(Br)s2)cc1. The van der Waals surface area contributed by atoms with Crippen LogP contribution in [-0.2, 0) is 6.42 Å². The van der Waals surface area contributed by atoms with Crippen molar-refractivity contribution in [1.82, 2.24) is 5.32 Å². The van der Waals surface area contributed by atoms with E-state index in [1.165, 1.54) is 4.88 Å². The van der Waals surface area contributed by atoms with Crippen LogP contribution >= 0.6 is 27.3 Å². The number of carbonyl (C=O) groups is 1. The van der Waals surface area contributed by atoms with Crippen molar-refractivity contribution >= 4 is 33.2 Å². The van der Waals surface area contributed by atoms with Gasteiger partial charge >= 0.3 is 0 Å². The van der Waals surface area contributed by atoms with Gasteiger partial charge in [-0.15, -0.1) is 11.3 Å². The van der Waals surface area contributed by atoms with E-state index in [2.05, 4.69) is 27.3 Å². The fraction of sp³-hybridized carbons (Fsp3) is 0.214. The Morgan fingerprint density at radius 3 is 2.58 bits per heavy atom. The molecule has 1 amide bonds. The number of hydrogen-bond acceptors (Lipinski definition) is 3. The lowest BCUT2D eigenvalue weighted by Gasteiger charge is -2.05. The molecule has 0 spiro atoms. The summed E-state index contributed by atoms with van der Waals surface area (Å²) in [6.07, 6.45) is 0.845. The van der Waals surface area contributed by atoms with Crippen molar-refractivity contribution in [3.05, 3.63) is 50.6 Å². The molecule has 1 aromatic heterocycles. The maximum atomic E-state index is 11.9. The van der Waals surface area contributed by atoms with E-state index in [9.17, 15) is 4.79 Å². The molecule has 1 aromatic carbocycles. The van der Waals surface area contributed by atoms with Gasteiger partial charge in [0.1, 0.15) is 5.75 Å². The lowest BCUT2D eigenvalue weighted by Crippen LogP contribution is -2.25. The van der Waals surface area contributed by atoms with E-state index < -0.39 is 0 Å². The van der Waals surface area contributed by atoms with Gasteiger partial charge in [-0.3, -0.25) is 4.79 Å². The molecule has 0 radical (unpaired) electrons. The van der Waals surface area contributed by atoms with Crippen molar-refractivity contribution in [2.75, 3.05) is 13.7 Å². The highest BCUT2D eigenvalue weighted by molar-refractivity contribution is 9.11. The van der Waals surface area contributed by atoms with Gasteiger partial charge < -0.3 is 10.1 Å². The van der Waals surface area contributed by atoms with E-state index >= 15 is 0 Å². The Kier molecular flexibility index (Phi) is 4.99. The van der Waals surface area contributed by atoms with Crippen molar-refractivity contribution in [2.24, 2.45) is 0 Å². The first-order valence-electron chi connectivity index (χ1n) is 5.85. The van der Waals surface area contributed by atoms with Gasteiger partial charge in [0.15, 0.2) is 0 Å². The molecule has 1 N–H and O–H groups in total. The number of benzene rings is 1. The van der Waals surface area contributed by atoms with Crippen molar-refractivity contribution in [3.63, 3.8) is 0 Å². The highest BCUT2D eigenvalue weighted by atomic mass is 79.9. The quantitative estimate of drug-likeness (QED) is 0.905. The van der Waals surface area contributed by atoms with Crippen molar-refractivity contribution < 1.29 is 9.53 Å². The summed E-state index contributed by atoms with van der Waals surface area (Å²) >= 11 is 5.11. The molecule has 19 heavy (non-hydrogen) atoms. The third-order valence-corrected chi connectivity index (χ3v) is 4.32. The second kappa shape index (κ2) is 6.73. The zero-order valence-corrected chi connectivity index (χ0v) is 12.9. The largest absolute Gasteiger partial charge is 0.497 e. The Hall–Kier alpha value is -1.33. The van der Waals surface area contributed by atoms with Crippen molar-refractivity contribution in [2.45, 2.75) is 6.42 Å². The zero-order valence-electron chi connectivity index (χ0n) is 10.5. The lowest BCUT2D eigenvalue weighted by atomic mass is 10.2. The molecular formula is C14H14BrNO2S. The third-order valence-electron chi connectivity index (χ3n) is 2.64. The molecule has 2 rings (SSSR count). The van der Waals surface area contributed by atoms with Crippen LogP contribution in [0, 0.1) is 0 Å². The second-order valence-electron chi connectivity index (χ2n) is 3.94. The molecule has 0 saturated carbocycles. The Morgan fingerprint density at radius 2 is 2.00 bits per heavy atom. The average Bonchev–Trinajstić information content (AvgIpc) is 2.84. The zero-order chi connectivity index (χ0) is 13.7. The first-order chi connectivity index (χ1) is 9.19. The van der Waals surface area contributed by atoms with Crippen LogP contribution in [0.1, 0.15) is 15.2 Å². The van der Waals surface area contributed by atoms with Crippen molar-refractivity contribution in [3.8, 4) is 5.75 Å². The van der Waals surface area contributed by atoms with Crippen LogP contribution in [0.15, 0.2) is 40.2 Å². The van der Waals surface area contributed by atoms with E-state index in [1.807, 2.05) is 6.07 Å². The fourth-order valence-electron chi connectivity index (χ4n) is 1.63. The van der Waals surface area contributed by atoms with Crippen LogP contribution in [0.3, 0.4) is 0 Å². The first-order valence-corrected chi connectivity index (χ1v) is 7.46. The number of halogens is 1. The van der Waals surface area contributed by atoms with E-state index in [0.717, 1.165) is 16.0 Å². The van der Waals surface area contributed by atoms with Crippen LogP contribution in [0.2, 0.25) is 0 Å². The van der Waals surface area contributed by atoms with Crippen LogP contribution < -0.4 is 10.1 Å². The van der Waals surface area contributed by atoms with Gasteiger partial charge in [0.05, 0.1) is 10.9 Å². The molecule has 0 fully saturated rings. The minimum atomic E-state index is -0.0572. The summed E-state index contributed by atoms with van der Waals surface area (Å²) in [6.45, 7) is 0.637. The molecular weight excluding hydrogens is 326 g/mol. The summed E-state index contributed by atoms with van der Waals surface area (Å²) < 4.78 is 6.17. The number of carbonyl (C=O) groups excluding carboxylic acids is 1. The van der Waals surface area contributed by atoms with E-state index in [0.29, 0.717) is 12.1 Å². The number of ether oxygens (including phenoxy) is 1. The Labute approximate surface area is 124 Å². The molecule has 2 aromatic rings. The standard InChI is InChI=1S/C14H14BrNO2S/c1-18-11-4-2-10(3-5-11)14(17)16-9-8-12-6-7-13(15)19-12/h2-7H,8-9H2,1H3,(H,16,17). The number of methoxy groups -OCH3 is 1. The van der Waals surface area contributed by atoms with Crippen LogP contribution in [0.5, 0.6) is 5.75 Å². The van der Waals surface area contributed by atoms with Gasteiger partial charge in [0.2, 0.25) is 0 Å². The maximum Gasteiger partial charge on any atom is 0.251 e. The highest BCUT2D eigenvalue weighted by Crippen LogP contribution is 2.22. The summed E-state index contributed by atoms with van der Waals surface area (Å²) in [4.78, 5) is 13.1. The van der Waals surface area contributed by atoms with Crippen LogP contribution in [-0.4, -0.2) is 19.6 Å².